The van der Waals surface area contributed by atoms with E-state index in [1.165, 1.54) is 4.90 Å². The summed E-state index contributed by atoms with van der Waals surface area (Å²) in [7, 11) is 0. The molecule has 0 saturated carbocycles. The van der Waals surface area contributed by atoms with Gasteiger partial charge in [-0.3, -0.25) is 19.4 Å². The molecule has 1 aromatic carbocycles. The van der Waals surface area contributed by atoms with Gasteiger partial charge in [-0.25, -0.2) is 9.97 Å². The Morgan fingerprint density at radius 2 is 1.62 bits per heavy atom. The smallest absolute Gasteiger partial charge is 0.261 e. The molecule has 0 spiro atoms. The van der Waals surface area contributed by atoms with Gasteiger partial charge in [-0.05, 0) is 36.5 Å². The Balaban J connectivity index is 1.14. The Hall–Kier alpha value is -2.84. The van der Waals surface area contributed by atoms with Crippen LogP contribution in [0.2, 0.25) is 0 Å². The second-order valence-electron chi connectivity index (χ2n) is 7.33. The van der Waals surface area contributed by atoms with Crippen LogP contribution in [0, 0.1) is 0 Å². The predicted octanol–water partition coefficient (Wildman–Crippen LogP) is 2.50. The maximum absolute atomic E-state index is 12.4. The van der Waals surface area contributed by atoms with Crippen LogP contribution in [-0.4, -0.2) is 70.9 Å². The number of carbonyl (C=O) groups excluding carboxylic acids is 2. The Morgan fingerprint density at radius 3 is 2.34 bits per heavy atom. The fourth-order valence-electron chi connectivity index (χ4n) is 4.11. The maximum atomic E-state index is 12.4. The second kappa shape index (κ2) is 7.53. The summed E-state index contributed by atoms with van der Waals surface area (Å²) in [5.74, 6) is 0.680. The van der Waals surface area contributed by atoms with E-state index in [0.717, 1.165) is 55.2 Å². The van der Waals surface area contributed by atoms with Crippen LogP contribution in [0.15, 0.2) is 42.0 Å². The Morgan fingerprint density at radius 1 is 0.897 bits per heavy atom. The molecule has 2 amide bonds. The number of carbonyl (C=O) groups is 2. The summed E-state index contributed by atoms with van der Waals surface area (Å²) in [4.78, 5) is 40.8. The first kappa shape index (κ1) is 18.2. The van der Waals surface area contributed by atoms with Gasteiger partial charge in [0.25, 0.3) is 11.8 Å². The summed E-state index contributed by atoms with van der Waals surface area (Å²) < 4.78 is 0. The molecule has 8 heteroatoms. The number of nitrogens with zero attached hydrogens (tertiary/aromatic N) is 5. The lowest BCUT2D eigenvalue weighted by atomic mass is 10.1. The minimum Gasteiger partial charge on any atom is -0.353 e. The van der Waals surface area contributed by atoms with E-state index in [4.69, 9.17) is 0 Å². The van der Waals surface area contributed by atoms with E-state index in [9.17, 15) is 9.59 Å². The standard InChI is InChI=1S/C21H21N5O2S/c27-20-15-4-1-2-5-16(15)21(28)26(20)8-3-7-24-9-11-25(12-10-24)18-17-6-13-29-19(17)23-14-22-18/h1-2,4-6,13-14H,3,7-12H2. The predicted molar refractivity (Wildman–Crippen MR) is 112 cm³/mol. The first-order valence-corrected chi connectivity index (χ1v) is 10.7. The lowest BCUT2D eigenvalue weighted by molar-refractivity contribution is 0.0647. The first-order chi connectivity index (χ1) is 14.2. The Kier molecular flexibility index (Phi) is 4.73. The number of amides is 2. The van der Waals surface area contributed by atoms with E-state index in [1.807, 2.05) is 0 Å². The van der Waals surface area contributed by atoms with Crippen LogP contribution in [0.3, 0.4) is 0 Å². The molecule has 29 heavy (non-hydrogen) atoms. The number of thiophene rings is 1. The van der Waals surface area contributed by atoms with E-state index >= 15 is 0 Å². The quantitative estimate of drug-likeness (QED) is 0.606. The molecule has 0 aliphatic carbocycles. The normalized spacial score (nSPS) is 17.4. The molecule has 2 aromatic heterocycles. The molecule has 1 saturated heterocycles. The molecule has 5 rings (SSSR count). The highest BCUT2D eigenvalue weighted by Gasteiger charge is 2.34. The molecule has 2 aliphatic rings. The molecular formula is C21H21N5O2S. The number of hydrogen-bond acceptors (Lipinski definition) is 7. The molecule has 0 bridgehead atoms. The van der Waals surface area contributed by atoms with Crippen molar-refractivity contribution in [1.82, 2.24) is 19.8 Å². The molecule has 0 atom stereocenters. The monoisotopic (exact) mass is 407 g/mol. The largest absolute Gasteiger partial charge is 0.353 e. The highest BCUT2D eigenvalue weighted by Crippen LogP contribution is 2.27. The molecule has 7 nitrogen and oxygen atoms in total. The molecule has 0 N–H and O–H groups in total. The SMILES string of the molecule is O=C1c2ccccc2C(=O)N1CCCN1CCN(c2ncnc3sccc23)CC1. The van der Waals surface area contributed by atoms with Gasteiger partial charge >= 0.3 is 0 Å². The van der Waals surface area contributed by atoms with Gasteiger partial charge in [0.1, 0.15) is 17.0 Å². The third kappa shape index (κ3) is 3.28. The van der Waals surface area contributed by atoms with Gasteiger partial charge in [0, 0.05) is 32.7 Å². The lowest BCUT2D eigenvalue weighted by Gasteiger charge is -2.35. The van der Waals surface area contributed by atoms with Crippen molar-refractivity contribution in [3.63, 3.8) is 0 Å². The number of aromatic nitrogens is 2. The van der Waals surface area contributed by atoms with Gasteiger partial charge in [-0.15, -0.1) is 11.3 Å². The van der Waals surface area contributed by atoms with Crippen molar-refractivity contribution >= 4 is 39.2 Å². The number of anilines is 1. The van der Waals surface area contributed by atoms with Crippen molar-refractivity contribution in [1.29, 1.82) is 0 Å². The molecule has 0 radical (unpaired) electrons. The average molecular weight is 407 g/mol. The zero-order chi connectivity index (χ0) is 19.8. The van der Waals surface area contributed by atoms with Crippen LogP contribution >= 0.6 is 11.3 Å². The van der Waals surface area contributed by atoms with Crippen molar-refractivity contribution in [2.24, 2.45) is 0 Å². The van der Waals surface area contributed by atoms with E-state index in [2.05, 4.69) is 31.2 Å². The fraction of sp³-hybridized carbons (Fsp3) is 0.333. The number of hydrogen-bond donors (Lipinski definition) is 0. The van der Waals surface area contributed by atoms with Gasteiger partial charge in [0.05, 0.1) is 16.5 Å². The van der Waals surface area contributed by atoms with Crippen molar-refractivity contribution < 1.29 is 9.59 Å². The summed E-state index contributed by atoms with van der Waals surface area (Å²) in [5.41, 5.74) is 1.05. The summed E-state index contributed by atoms with van der Waals surface area (Å²) in [6.07, 6.45) is 2.43. The molecule has 2 aliphatic heterocycles. The third-order valence-corrected chi connectivity index (χ3v) is 6.47. The van der Waals surface area contributed by atoms with Gasteiger partial charge < -0.3 is 4.90 Å². The summed E-state index contributed by atoms with van der Waals surface area (Å²) >= 11 is 1.64. The van der Waals surface area contributed by atoms with Crippen LogP contribution in [0.5, 0.6) is 0 Å². The number of rotatable bonds is 5. The van der Waals surface area contributed by atoms with E-state index in [1.54, 1.807) is 41.9 Å². The first-order valence-electron chi connectivity index (χ1n) is 9.83. The van der Waals surface area contributed by atoms with Crippen LogP contribution < -0.4 is 4.90 Å². The topological polar surface area (TPSA) is 69.6 Å². The summed E-state index contributed by atoms with van der Waals surface area (Å²) in [5, 5.41) is 3.18. The van der Waals surface area contributed by atoms with Gasteiger partial charge in [0.15, 0.2) is 0 Å². The van der Waals surface area contributed by atoms with Gasteiger partial charge in [0.2, 0.25) is 0 Å². The van der Waals surface area contributed by atoms with E-state index in [-0.39, 0.29) is 11.8 Å². The van der Waals surface area contributed by atoms with Crippen molar-refractivity contribution in [3.05, 3.63) is 53.2 Å². The zero-order valence-electron chi connectivity index (χ0n) is 16.0. The minimum absolute atomic E-state index is 0.168. The minimum atomic E-state index is -0.168. The molecule has 1 fully saturated rings. The lowest BCUT2D eigenvalue weighted by Crippen LogP contribution is -2.47. The number of piperazine rings is 1. The summed E-state index contributed by atoms with van der Waals surface area (Å²) in [6.45, 7) is 5.05. The molecule has 4 heterocycles. The molecule has 3 aromatic rings. The number of imide groups is 1. The second-order valence-corrected chi connectivity index (χ2v) is 8.22. The van der Waals surface area contributed by atoms with Crippen LogP contribution in [0.25, 0.3) is 10.2 Å². The highest BCUT2D eigenvalue weighted by atomic mass is 32.1. The highest BCUT2D eigenvalue weighted by molar-refractivity contribution is 7.16. The fourth-order valence-corrected chi connectivity index (χ4v) is 4.83. The third-order valence-electron chi connectivity index (χ3n) is 5.65. The van der Waals surface area contributed by atoms with Crippen molar-refractivity contribution in [3.8, 4) is 0 Å². The van der Waals surface area contributed by atoms with Crippen LogP contribution in [-0.2, 0) is 0 Å². The van der Waals surface area contributed by atoms with Crippen molar-refractivity contribution in [2.75, 3.05) is 44.2 Å². The Labute approximate surface area is 172 Å². The van der Waals surface area contributed by atoms with Crippen LogP contribution in [0.4, 0.5) is 5.82 Å². The van der Waals surface area contributed by atoms with Gasteiger partial charge in [-0.2, -0.15) is 0 Å². The average Bonchev–Trinajstić information content (AvgIpc) is 3.33. The van der Waals surface area contributed by atoms with Gasteiger partial charge in [-0.1, -0.05) is 12.1 Å². The van der Waals surface area contributed by atoms with E-state index < -0.39 is 0 Å². The van der Waals surface area contributed by atoms with Crippen molar-refractivity contribution in [2.45, 2.75) is 6.42 Å². The maximum Gasteiger partial charge on any atom is 0.261 e. The molecule has 148 valence electrons. The van der Waals surface area contributed by atoms with Crippen LogP contribution in [0.1, 0.15) is 27.1 Å². The molecular weight excluding hydrogens is 386 g/mol. The number of fused-ring (bicyclic) bond motifs is 2. The molecule has 0 unspecified atom stereocenters. The number of benzene rings is 1. The Bertz CT molecular complexity index is 1040. The summed E-state index contributed by atoms with van der Waals surface area (Å²) in [6, 6.07) is 9.14. The zero-order valence-corrected chi connectivity index (χ0v) is 16.8. The van der Waals surface area contributed by atoms with E-state index in [0.29, 0.717) is 17.7 Å².